The molecule has 3 nitrogen and oxygen atoms in total. The third kappa shape index (κ3) is 2.57. The first kappa shape index (κ1) is 14.5. The summed E-state index contributed by atoms with van der Waals surface area (Å²) in [6, 6.07) is 7.34. The number of hydrogen-bond acceptors (Lipinski definition) is 2. The van der Waals surface area contributed by atoms with Gasteiger partial charge in [0.1, 0.15) is 0 Å². The number of nitrogens with zero attached hydrogens (tertiary/aromatic N) is 1. The smallest absolute Gasteiger partial charge is 0.267 e. The lowest BCUT2D eigenvalue weighted by atomic mass is 9.49. The molecular formula is C17H19BrN2O. The molecule has 1 saturated carbocycles. The van der Waals surface area contributed by atoms with E-state index in [1.165, 1.54) is 12.0 Å². The maximum Gasteiger partial charge on any atom is 0.272 e. The van der Waals surface area contributed by atoms with Crippen molar-refractivity contribution in [1.82, 2.24) is 5.43 Å². The molecule has 0 radical (unpaired) electrons. The Labute approximate surface area is 133 Å². The fraction of sp³-hybridized carbons (Fsp3) is 0.412. The third-order valence-electron chi connectivity index (χ3n) is 5.01. The van der Waals surface area contributed by atoms with E-state index in [4.69, 9.17) is 0 Å². The van der Waals surface area contributed by atoms with Gasteiger partial charge in [-0.15, -0.1) is 0 Å². The van der Waals surface area contributed by atoms with Gasteiger partial charge < -0.3 is 0 Å². The van der Waals surface area contributed by atoms with Crippen molar-refractivity contribution in [1.29, 1.82) is 0 Å². The van der Waals surface area contributed by atoms with E-state index < -0.39 is 0 Å². The van der Waals surface area contributed by atoms with Crippen LogP contribution in [0.25, 0.3) is 0 Å². The molecule has 4 heteroatoms. The van der Waals surface area contributed by atoms with Gasteiger partial charge in [-0.05, 0) is 63.7 Å². The van der Waals surface area contributed by atoms with Crippen molar-refractivity contribution in [2.24, 2.45) is 22.4 Å². The lowest BCUT2D eigenvalue weighted by Crippen LogP contribution is -2.48. The zero-order valence-electron chi connectivity index (χ0n) is 12.3. The molecule has 0 heterocycles. The number of hydrazone groups is 1. The number of benzene rings is 1. The van der Waals surface area contributed by atoms with Crippen LogP contribution in [0.4, 0.5) is 0 Å². The van der Waals surface area contributed by atoms with E-state index in [1.54, 1.807) is 6.07 Å². The standard InChI is InChI=1S/C17H19BrN2O/c1-17(2)12-8-7-11(14(17)9-12)10-19-20-16(21)13-5-3-4-6-15(13)18/h3-7,10,12,14H,8-9H2,1-2H3,(H,20,21)/b19-10+. The van der Waals surface area contributed by atoms with Crippen molar-refractivity contribution >= 4 is 28.1 Å². The van der Waals surface area contributed by atoms with Gasteiger partial charge >= 0.3 is 0 Å². The molecular weight excluding hydrogens is 328 g/mol. The van der Waals surface area contributed by atoms with Crippen LogP contribution in [0.5, 0.6) is 0 Å². The molecule has 2 atom stereocenters. The van der Waals surface area contributed by atoms with E-state index in [2.05, 4.69) is 46.4 Å². The first-order valence-electron chi connectivity index (χ1n) is 7.28. The predicted molar refractivity (Wildman–Crippen MR) is 88.2 cm³/mol. The van der Waals surface area contributed by atoms with Gasteiger partial charge in [0.05, 0.1) is 11.8 Å². The van der Waals surface area contributed by atoms with E-state index in [0.29, 0.717) is 16.9 Å². The molecule has 3 aliphatic rings. The second-order valence-corrected chi connectivity index (χ2v) is 7.28. The minimum Gasteiger partial charge on any atom is -0.267 e. The molecule has 110 valence electrons. The first-order valence-corrected chi connectivity index (χ1v) is 8.07. The Hall–Kier alpha value is -1.42. The summed E-state index contributed by atoms with van der Waals surface area (Å²) in [5.74, 6) is 1.20. The fourth-order valence-electron chi connectivity index (χ4n) is 3.42. The Morgan fingerprint density at radius 3 is 2.86 bits per heavy atom. The highest BCUT2D eigenvalue weighted by Crippen LogP contribution is 2.58. The summed E-state index contributed by atoms with van der Waals surface area (Å²) in [6.07, 6.45) is 6.46. The number of carbonyl (C=O) groups excluding carboxylic acids is 1. The molecule has 0 aromatic heterocycles. The van der Waals surface area contributed by atoms with Crippen molar-refractivity contribution in [3.05, 3.63) is 46.0 Å². The molecule has 1 fully saturated rings. The van der Waals surface area contributed by atoms with E-state index >= 15 is 0 Å². The van der Waals surface area contributed by atoms with Crippen molar-refractivity contribution in [2.45, 2.75) is 26.7 Å². The Bertz CT molecular complexity index is 633. The zero-order valence-corrected chi connectivity index (χ0v) is 13.9. The highest BCUT2D eigenvalue weighted by molar-refractivity contribution is 9.10. The lowest BCUT2D eigenvalue weighted by molar-refractivity contribution is -0.00126. The fourth-order valence-corrected chi connectivity index (χ4v) is 3.88. The highest BCUT2D eigenvalue weighted by Gasteiger charge is 2.50. The number of hydrogen-bond donors (Lipinski definition) is 1. The van der Waals surface area contributed by atoms with Gasteiger partial charge in [0.25, 0.3) is 5.91 Å². The molecule has 2 bridgehead atoms. The van der Waals surface area contributed by atoms with E-state index in [-0.39, 0.29) is 5.91 Å². The summed E-state index contributed by atoms with van der Waals surface area (Å²) >= 11 is 3.37. The predicted octanol–water partition coefficient (Wildman–Crippen LogP) is 4.16. The van der Waals surface area contributed by atoms with Gasteiger partial charge in [-0.3, -0.25) is 4.79 Å². The third-order valence-corrected chi connectivity index (χ3v) is 5.70. The molecule has 0 aliphatic heterocycles. The highest BCUT2D eigenvalue weighted by atomic mass is 79.9. The zero-order chi connectivity index (χ0) is 15.0. The number of nitrogens with one attached hydrogen (secondary N) is 1. The van der Waals surface area contributed by atoms with E-state index in [9.17, 15) is 4.79 Å². The van der Waals surface area contributed by atoms with Gasteiger partial charge in [-0.2, -0.15) is 5.10 Å². The monoisotopic (exact) mass is 346 g/mol. The second kappa shape index (κ2) is 5.41. The summed E-state index contributed by atoms with van der Waals surface area (Å²) in [4.78, 5) is 12.1. The summed E-state index contributed by atoms with van der Waals surface area (Å²) in [5.41, 5.74) is 4.84. The van der Waals surface area contributed by atoms with Crippen LogP contribution < -0.4 is 5.43 Å². The minimum atomic E-state index is -0.194. The molecule has 1 aromatic carbocycles. The molecule has 21 heavy (non-hydrogen) atoms. The Kier molecular flexibility index (Phi) is 3.74. The summed E-state index contributed by atoms with van der Waals surface area (Å²) in [7, 11) is 0. The maximum atomic E-state index is 12.1. The number of allylic oxidation sites excluding steroid dienone is 2. The van der Waals surface area contributed by atoms with Crippen LogP contribution in [-0.4, -0.2) is 12.1 Å². The summed E-state index contributed by atoms with van der Waals surface area (Å²) in [6.45, 7) is 4.65. The first-order chi connectivity index (χ1) is 10.00. The van der Waals surface area contributed by atoms with Crippen molar-refractivity contribution < 1.29 is 4.79 Å². The molecule has 0 spiro atoms. The largest absolute Gasteiger partial charge is 0.272 e. The van der Waals surface area contributed by atoms with Crippen molar-refractivity contribution in [3.63, 3.8) is 0 Å². The van der Waals surface area contributed by atoms with Gasteiger partial charge in [-0.1, -0.05) is 32.1 Å². The van der Waals surface area contributed by atoms with Crippen LogP contribution >= 0.6 is 15.9 Å². The number of amides is 1. The molecule has 1 N–H and O–H groups in total. The van der Waals surface area contributed by atoms with E-state index in [1.807, 2.05) is 24.4 Å². The molecule has 0 saturated heterocycles. The van der Waals surface area contributed by atoms with Crippen molar-refractivity contribution in [2.75, 3.05) is 0 Å². The van der Waals surface area contributed by atoms with Gasteiger partial charge in [0, 0.05) is 4.47 Å². The Balaban J connectivity index is 1.65. The van der Waals surface area contributed by atoms with E-state index in [0.717, 1.165) is 16.8 Å². The summed E-state index contributed by atoms with van der Waals surface area (Å²) in [5, 5.41) is 4.14. The Morgan fingerprint density at radius 2 is 2.19 bits per heavy atom. The average Bonchev–Trinajstić information content (AvgIpc) is 2.47. The van der Waals surface area contributed by atoms with Crippen LogP contribution in [0.15, 0.2) is 45.5 Å². The molecule has 1 amide bonds. The number of rotatable bonds is 3. The van der Waals surface area contributed by atoms with Gasteiger partial charge in [0.15, 0.2) is 0 Å². The number of halogens is 1. The summed E-state index contributed by atoms with van der Waals surface area (Å²) < 4.78 is 0.776. The normalized spacial score (nSPS) is 26.1. The second-order valence-electron chi connectivity index (χ2n) is 6.43. The Morgan fingerprint density at radius 1 is 1.43 bits per heavy atom. The van der Waals surface area contributed by atoms with Crippen LogP contribution in [-0.2, 0) is 0 Å². The van der Waals surface area contributed by atoms with Crippen LogP contribution in [0, 0.1) is 17.3 Å². The van der Waals surface area contributed by atoms with Gasteiger partial charge in [-0.25, -0.2) is 5.43 Å². The van der Waals surface area contributed by atoms with Crippen LogP contribution in [0.1, 0.15) is 37.0 Å². The molecule has 1 aromatic rings. The lowest BCUT2D eigenvalue weighted by Gasteiger charge is -2.55. The molecule has 4 rings (SSSR count). The maximum absolute atomic E-state index is 12.1. The average molecular weight is 347 g/mol. The minimum absolute atomic E-state index is 0.194. The van der Waals surface area contributed by atoms with Crippen molar-refractivity contribution in [3.8, 4) is 0 Å². The number of carbonyl (C=O) groups is 1. The topological polar surface area (TPSA) is 41.5 Å². The molecule has 3 aliphatic carbocycles. The SMILES string of the molecule is CC1(C)C2CC=C(/C=N/NC(=O)c3ccccc3Br)C1C2. The quantitative estimate of drug-likeness (QED) is 0.648. The van der Waals surface area contributed by atoms with Crippen LogP contribution in [0.3, 0.4) is 0 Å². The van der Waals surface area contributed by atoms with Crippen LogP contribution in [0.2, 0.25) is 0 Å². The number of fused-ring (bicyclic) bond motifs is 1. The molecule has 2 unspecified atom stereocenters. The van der Waals surface area contributed by atoms with Gasteiger partial charge in [0.2, 0.25) is 0 Å².